The number of halogens is 1. The van der Waals surface area contributed by atoms with Gasteiger partial charge in [0.15, 0.2) is 0 Å². The maximum Gasteiger partial charge on any atom is 0.337 e. The molecule has 0 radical (unpaired) electrons. The minimum absolute atomic E-state index is 0.00111. The van der Waals surface area contributed by atoms with Crippen LogP contribution in [-0.4, -0.2) is 35.1 Å². The van der Waals surface area contributed by atoms with Gasteiger partial charge in [0.25, 0.3) is 5.91 Å². The van der Waals surface area contributed by atoms with Gasteiger partial charge in [0.1, 0.15) is 0 Å². The number of amides is 2. The van der Waals surface area contributed by atoms with Crippen molar-refractivity contribution in [2.45, 2.75) is 27.3 Å². The second kappa shape index (κ2) is 7.85. The summed E-state index contributed by atoms with van der Waals surface area (Å²) in [4.78, 5) is 42.4. The van der Waals surface area contributed by atoms with E-state index in [1.807, 2.05) is 20.8 Å². The van der Waals surface area contributed by atoms with Crippen molar-refractivity contribution in [2.75, 3.05) is 11.5 Å². The summed E-state index contributed by atoms with van der Waals surface area (Å²) < 4.78 is 0. The van der Waals surface area contributed by atoms with Gasteiger partial charge in [-0.15, -0.1) is 0 Å². The zero-order chi connectivity index (χ0) is 21.3. The van der Waals surface area contributed by atoms with E-state index < -0.39 is 11.4 Å². The lowest BCUT2D eigenvalue weighted by atomic mass is 9.95. The molecule has 2 amide bonds. The standard InChI is InChI=1S/C21H21ClN2O5/c1-13-4-7-16(19(26)27)18(8-13)23(12-25)15-6-5-14(17(22)9-15)10-24-20(28)21(2,3)11-29-24/h4-9,12H,10-11H2,1-3H3,(H,26,27). The Morgan fingerprint density at radius 3 is 2.59 bits per heavy atom. The van der Waals surface area contributed by atoms with E-state index in [2.05, 4.69) is 0 Å². The predicted molar refractivity (Wildman–Crippen MR) is 108 cm³/mol. The Balaban J connectivity index is 1.91. The van der Waals surface area contributed by atoms with Crippen LogP contribution in [0.4, 0.5) is 11.4 Å². The second-order valence-corrected chi connectivity index (χ2v) is 7.98. The van der Waals surface area contributed by atoms with Crippen LogP contribution in [0.25, 0.3) is 0 Å². The molecule has 0 bridgehead atoms. The third-order valence-corrected chi connectivity index (χ3v) is 5.12. The van der Waals surface area contributed by atoms with Crippen LogP contribution in [-0.2, 0) is 21.0 Å². The molecule has 0 aliphatic carbocycles. The molecule has 0 saturated carbocycles. The number of benzene rings is 2. The second-order valence-electron chi connectivity index (χ2n) is 7.58. The smallest absolute Gasteiger partial charge is 0.337 e. The number of hydroxylamine groups is 2. The van der Waals surface area contributed by atoms with Crippen LogP contribution in [0.3, 0.4) is 0 Å². The summed E-state index contributed by atoms with van der Waals surface area (Å²) in [5.41, 5.74) is 1.54. The molecule has 1 saturated heterocycles. The van der Waals surface area contributed by atoms with E-state index in [4.69, 9.17) is 16.4 Å². The summed E-state index contributed by atoms with van der Waals surface area (Å²) in [6, 6.07) is 9.64. The zero-order valence-corrected chi connectivity index (χ0v) is 17.1. The summed E-state index contributed by atoms with van der Waals surface area (Å²) in [5, 5.41) is 11.1. The number of aromatic carboxylic acids is 1. The largest absolute Gasteiger partial charge is 0.478 e. The highest BCUT2D eigenvalue weighted by Crippen LogP contribution is 2.33. The summed E-state index contributed by atoms with van der Waals surface area (Å²) in [5.74, 6) is -1.26. The molecule has 1 aliphatic heterocycles. The fraction of sp³-hybridized carbons (Fsp3) is 0.286. The van der Waals surface area contributed by atoms with E-state index in [1.165, 1.54) is 16.0 Å². The molecule has 0 atom stereocenters. The average molecular weight is 417 g/mol. The molecule has 2 aromatic carbocycles. The molecule has 1 fully saturated rings. The minimum Gasteiger partial charge on any atom is -0.478 e. The molecule has 0 aromatic heterocycles. The molecule has 7 nitrogen and oxygen atoms in total. The van der Waals surface area contributed by atoms with Gasteiger partial charge in [-0.05, 0) is 56.2 Å². The maximum absolute atomic E-state index is 12.3. The summed E-state index contributed by atoms with van der Waals surface area (Å²) in [6.45, 7) is 5.90. The topological polar surface area (TPSA) is 87.2 Å². The minimum atomic E-state index is -1.14. The molecule has 1 heterocycles. The lowest BCUT2D eigenvalue weighted by molar-refractivity contribution is -0.165. The molecule has 29 heavy (non-hydrogen) atoms. The van der Waals surface area contributed by atoms with Crippen LogP contribution in [0.15, 0.2) is 36.4 Å². The highest BCUT2D eigenvalue weighted by Gasteiger charge is 2.40. The molecule has 0 spiro atoms. The monoisotopic (exact) mass is 416 g/mol. The lowest BCUT2D eigenvalue weighted by Gasteiger charge is -2.22. The molecule has 8 heteroatoms. The van der Waals surface area contributed by atoms with E-state index in [0.29, 0.717) is 29.3 Å². The Morgan fingerprint density at radius 2 is 2.03 bits per heavy atom. The van der Waals surface area contributed by atoms with E-state index in [1.54, 1.807) is 30.3 Å². The molecule has 2 aromatic rings. The van der Waals surface area contributed by atoms with Gasteiger partial charge in [-0.3, -0.25) is 19.3 Å². The first kappa shape index (κ1) is 20.8. The third-order valence-electron chi connectivity index (χ3n) is 4.76. The number of carbonyl (C=O) groups excluding carboxylic acids is 2. The van der Waals surface area contributed by atoms with Crippen LogP contribution in [0.5, 0.6) is 0 Å². The molecule has 1 N–H and O–H groups in total. The van der Waals surface area contributed by atoms with Gasteiger partial charge in [-0.1, -0.05) is 23.7 Å². The average Bonchev–Trinajstić information content (AvgIpc) is 2.91. The number of carboxylic acids is 1. The van der Waals surface area contributed by atoms with Gasteiger partial charge in [-0.25, -0.2) is 9.86 Å². The van der Waals surface area contributed by atoms with Gasteiger partial charge in [0.2, 0.25) is 6.41 Å². The van der Waals surface area contributed by atoms with Gasteiger partial charge in [-0.2, -0.15) is 0 Å². The summed E-state index contributed by atoms with van der Waals surface area (Å²) in [6.07, 6.45) is 0.544. The van der Waals surface area contributed by atoms with Crippen molar-refractivity contribution in [1.82, 2.24) is 5.06 Å². The van der Waals surface area contributed by atoms with E-state index in [0.717, 1.165) is 5.56 Å². The Bertz CT molecular complexity index is 989. The number of carbonyl (C=O) groups is 3. The third kappa shape index (κ3) is 4.11. The zero-order valence-electron chi connectivity index (χ0n) is 16.3. The van der Waals surface area contributed by atoms with Crippen molar-refractivity contribution < 1.29 is 24.3 Å². The van der Waals surface area contributed by atoms with Crippen molar-refractivity contribution in [1.29, 1.82) is 0 Å². The Labute approximate surface area is 173 Å². The van der Waals surface area contributed by atoms with Crippen LogP contribution in [0.1, 0.15) is 35.3 Å². The van der Waals surface area contributed by atoms with Gasteiger partial charge >= 0.3 is 5.97 Å². The van der Waals surface area contributed by atoms with E-state index in [-0.39, 0.29) is 23.7 Å². The van der Waals surface area contributed by atoms with Gasteiger partial charge in [0.05, 0.1) is 35.5 Å². The number of nitrogens with zero attached hydrogens (tertiary/aromatic N) is 2. The highest BCUT2D eigenvalue weighted by atomic mass is 35.5. The fourth-order valence-corrected chi connectivity index (χ4v) is 3.30. The van der Waals surface area contributed by atoms with E-state index >= 15 is 0 Å². The molecular formula is C21H21ClN2O5. The number of aryl methyl sites for hydroxylation is 1. The van der Waals surface area contributed by atoms with Crippen LogP contribution >= 0.6 is 11.6 Å². The Morgan fingerprint density at radius 1 is 1.31 bits per heavy atom. The Hall–Kier alpha value is -2.90. The lowest BCUT2D eigenvalue weighted by Crippen LogP contribution is -2.30. The summed E-state index contributed by atoms with van der Waals surface area (Å²) >= 11 is 6.40. The van der Waals surface area contributed by atoms with Crippen molar-refractivity contribution in [3.63, 3.8) is 0 Å². The quantitative estimate of drug-likeness (QED) is 0.720. The van der Waals surface area contributed by atoms with Crippen LogP contribution < -0.4 is 4.90 Å². The summed E-state index contributed by atoms with van der Waals surface area (Å²) in [7, 11) is 0. The predicted octanol–water partition coefficient (Wildman–Crippen LogP) is 3.94. The van der Waals surface area contributed by atoms with Gasteiger partial charge < -0.3 is 5.11 Å². The first-order valence-corrected chi connectivity index (χ1v) is 9.33. The van der Waals surface area contributed by atoms with E-state index in [9.17, 15) is 19.5 Å². The Kier molecular flexibility index (Phi) is 5.64. The highest BCUT2D eigenvalue weighted by molar-refractivity contribution is 6.31. The number of hydrogen-bond donors (Lipinski definition) is 1. The number of carboxylic acid groups (broad SMARTS) is 1. The first-order chi connectivity index (χ1) is 13.6. The SMILES string of the molecule is Cc1ccc(C(=O)O)c(N(C=O)c2ccc(CN3OCC(C)(C)C3=O)c(Cl)c2)c1. The van der Waals surface area contributed by atoms with Crippen LogP contribution in [0.2, 0.25) is 5.02 Å². The molecular weight excluding hydrogens is 396 g/mol. The van der Waals surface area contributed by atoms with Gasteiger partial charge in [0, 0.05) is 5.02 Å². The number of anilines is 2. The maximum atomic E-state index is 12.3. The van der Waals surface area contributed by atoms with Crippen molar-refractivity contribution >= 4 is 41.3 Å². The van der Waals surface area contributed by atoms with Crippen molar-refractivity contribution in [2.24, 2.45) is 5.41 Å². The number of rotatable bonds is 6. The molecule has 0 unspecified atom stereocenters. The number of hydrogen-bond acceptors (Lipinski definition) is 4. The normalized spacial score (nSPS) is 15.4. The fourth-order valence-electron chi connectivity index (χ4n) is 3.06. The molecule has 152 valence electrons. The molecule has 3 rings (SSSR count). The van der Waals surface area contributed by atoms with Crippen molar-refractivity contribution in [3.05, 3.63) is 58.1 Å². The van der Waals surface area contributed by atoms with Crippen molar-refractivity contribution in [3.8, 4) is 0 Å². The molecule has 1 aliphatic rings. The first-order valence-electron chi connectivity index (χ1n) is 8.96. The van der Waals surface area contributed by atoms with Crippen LogP contribution in [0, 0.1) is 12.3 Å².